The summed E-state index contributed by atoms with van der Waals surface area (Å²) in [7, 11) is 0. The van der Waals surface area contributed by atoms with E-state index in [1.807, 2.05) is 0 Å². The van der Waals surface area contributed by atoms with Crippen LogP contribution in [-0.4, -0.2) is 41.2 Å². The minimum Gasteiger partial charge on any atom is -0.480 e. The number of carboxylic acids is 1. The Hall–Kier alpha value is -1.17. The molecule has 0 bridgehead atoms. The van der Waals surface area contributed by atoms with Crippen molar-refractivity contribution in [1.82, 2.24) is 10.6 Å². The van der Waals surface area contributed by atoms with Crippen LogP contribution in [0.25, 0.3) is 0 Å². The molecule has 0 heterocycles. The zero-order valence-electron chi connectivity index (χ0n) is 9.36. The van der Waals surface area contributed by atoms with E-state index in [1.165, 1.54) is 0 Å². The van der Waals surface area contributed by atoms with Gasteiger partial charge in [0, 0.05) is 18.1 Å². The van der Waals surface area contributed by atoms with Crippen LogP contribution in [0.2, 0.25) is 0 Å². The van der Waals surface area contributed by atoms with E-state index >= 15 is 0 Å². The van der Waals surface area contributed by atoms with Gasteiger partial charge in [-0.3, -0.25) is 0 Å². The number of amides is 2. The molecule has 1 atom stereocenters. The van der Waals surface area contributed by atoms with Gasteiger partial charge in [-0.2, -0.15) is 11.8 Å². The number of thioether (sulfide) groups is 1. The highest BCUT2D eigenvalue weighted by Crippen LogP contribution is 1.97. The van der Waals surface area contributed by atoms with Gasteiger partial charge in [-0.15, -0.1) is 6.58 Å². The molecule has 6 heteroatoms. The number of rotatable bonds is 8. The van der Waals surface area contributed by atoms with Crippen LogP contribution < -0.4 is 10.6 Å². The Labute approximate surface area is 99.7 Å². The molecule has 0 radical (unpaired) electrons. The summed E-state index contributed by atoms with van der Waals surface area (Å²) in [4.78, 5) is 21.9. The molecule has 2 amide bonds. The summed E-state index contributed by atoms with van der Waals surface area (Å²) >= 11 is 1.65. The molecule has 0 unspecified atom stereocenters. The Bertz CT molecular complexity index is 246. The van der Waals surface area contributed by atoms with Crippen molar-refractivity contribution in [2.75, 3.05) is 18.1 Å². The predicted octanol–water partition coefficient (Wildman–Crippen LogP) is 1.07. The molecule has 3 N–H and O–H groups in total. The Kier molecular flexibility index (Phi) is 8.42. The highest BCUT2D eigenvalue weighted by Gasteiger charge is 2.16. The van der Waals surface area contributed by atoms with Gasteiger partial charge in [0.15, 0.2) is 0 Å². The fourth-order valence-electron chi connectivity index (χ4n) is 0.951. The Morgan fingerprint density at radius 2 is 2.25 bits per heavy atom. The van der Waals surface area contributed by atoms with Crippen LogP contribution in [0.3, 0.4) is 0 Å². The highest BCUT2D eigenvalue weighted by atomic mass is 32.2. The van der Waals surface area contributed by atoms with Crippen LogP contribution in [-0.2, 0) is 4.79 Å². The lowest BCUT2D eigenvalue weighted by molar-refractivity contribution is -0.139. The van der Waals surface area contributed by atoms with Gasteiger partial charge in [0.1, 0.15) is 6.04 Å². The summed E-state index contributed by atoms with van der Waals surface area (Å²) in [5, 5.41) is 13.7. The summed E-state index contributed by atoms with van der Waals surface area (Å²) in [6.07, 6.45) is 2.16. The van der Waals surface area contributed by atoms with Crippen molar-refractivity contribution in [3.63, 3.8) is 0 Å². The van der Waals surface area contributed by atoms with E-state index in [-0.39, 0.29) is 0 Å². The summed E-state index contributed by atoms with van der Waals surface area (Å²) in [5.41, 5.74) is 0. The van der Waals surface area contributed by atoms with Gasteiger partial charge >= 0.3 is 12.0 Å². The lowest BCUT2D eigenvalue weighted by Crippen LogP contribution is -2.46. The van der Waals surface area contributed by atoms with E-state index in [9.17, 15) is 9.59 Å². The first-order valence-corrected chi connectivity index (χ1v) is 6.23. The first-order chi connectivity index (χ1) is 7.61. The quantitative estimate of drug-likeness (QED) is 0.442. The molecule has 0 aliphatic carbocycles. The fourth-order valence-corrected chi connectivity index (χ4v) is 1.53. The molecular weight excluding hydrogens is 228 g/mol. The van der Waals surface area contributed by atoms with Crippen molar-refractivity contribution in [2.24, 2.45) is 0 Å². The fraction of sp³-hybridized carbons (Fsp3) is 0.600. The first kappa shape index (κ1) is 14.8. The second kappa shape index (κ2) is 9.08. The van der Waals surface area contributed by atoms with Gasteiger partial charge in [-0.05, 0) is 6.42 Å². The molecule has 0 rings (SSSR count). The molecule has 0 aliphatic heterocycles. The Morgan fingerprint density at radius 3 is 2.75 bits per heavy atom. The molecule has 0 fully saturated rings. The third kappa shape index (κ3) is 7.17. The number of nitrogens with one attached hydrogen (secondary N) is 2. The molecule has 0 aromatic heterocycles. The van der Waals surface area contributed by atoms with Gasteiger partial charge in [0.25, 0.3) is 0 Å². The molecule has 0 aromatic carbocycles. The van der Waals surface area contributed by atoms with Gasteiger partial charge in [0.2, 0.25) is 0 Å². The van der Waals surface area contributed by atoms with E-state index in [1.54, 1.807) is 24.8 Å². The smallest absolute Gasteiger partial charge is 0.326 e. The maximum atomic E-state index is 11.2. The molecule has 0 aromatic rings. The average molecular weight is 246 g/mol. The molecule has 5 nitrogen and oxygen atoms in total. The number of urea groups is 1. The lowest BCUT2D eigenvalue weighted by atomic mass is 10.2. The van der Waals surface area contributed by atoms with Crippen LogP contribution in [0.15, 0.2) is 12.7 Å². The normalized spacial score (nSPS) is 11.6. The van der Waals surface area contributed by atoms with E-state index < -0.39 is 18.0 Å². The third-order valence-corrected chi connectivity index (χ3v) is 2.74. The minimum atomic E-state index is -1.02. The molecule has 0 saturated carbocycles. The number of hydrogen-bond acceptors (Lipinski definition) is 3. The molecule has 0 aliphatic rings. The maximum Gasteiger partial charge on any atom is 0.326 e. The second-order valence-corrected chi connectivity index (χ2v) is 4.21. The SMILES string of the molecule is C=CCSCCNC(=O)N[C@H](CC)C(=O)O. The zero-order valence-corrected chi connectivity index (χ0v) is 10.2. The average Bonchev–Trinajstić information content (AvgIpc) is 2.25. The van der Waals surface area contributed by atoms with Gasteiger partial charge in [-0.1, -0.05) is 13.0 Å². The van der Waals surface area contributed by atoms with E-state index in [2.05, 4.69) is 17.2 Å². The van der Waals surface area contributed by atoms with Crippen molar-refractivity contribution >= 4 is 23.8 Å². The topological polar surface area (TPSA) is 78.4 Å². The van der Waals surface area contributed by atoms with Crippen molar-refractivity contribution in [3.05, 3.63) is 12.7 Å². The second-order valence-electron chi connectivity index (χ2n) is 3.06. The molecule has 0 saturated heterocycles. The predicted molar refractivity (Wildman–Crippen MR) is 65.8 cm³/mol. The number of carbonyl (C=O) groups is 2. The summed E-state index contributed by atoms with van der Waals surface area (Å²) in [5.74, 6) is 0.609. The lowest BCUT2D eigenvalue weighted by Gasteiger charge is -2.12. The van der Waals surface area contributed by atoms with Crippen molar-refractivity contribution in [2.45, 2.75) is 19.4 Å². The van der Waals surface area contributed by atoms with E-state index in [0.29, 0.717) is 13.0 Å². The van der Waals surface area contributed by atoms with Crippen LogP contribution in [0.1, 0.15) is 13.3 Å². The van der Waals surface area contributed by atoms with Gasteiger partial charge in [-0.25, -0.2) is 9.59 Å². The third-order valence-electron chi connectivity index (χ3n) is 1.78. The number of aliphatic carboxylic acids is 1. The number of carbonyl (C=O) groups excluding carboxylic acids is 1. The van der Waals surface area contributed by atoms with Crippen LogP contribution >= 0.6 is 11.8 Å². The van der Waals surface area contributed by atoms with Gasteiger partial charge in [0.05, 0.1) is 0 Å². The summed E-state index contributed by atoms with van der Waals surface area (Å²) < 4.78 is 0. The van der Waals surface area contributed by atoms with Gasteiger partial charge < -0.3 is 15.7 Å². The van der Waals surface area contributed by atoms with E-state index in [0.717, 1.165) is 11.5 Å². The number of hydrogen-bond donors (Lipinski definition) is 3. The van der Waals surface area contributed by atoms with Crippen LogP contribution in [0.4, 0.5) is 4.79 Å². The molecule has 16 heavy (non-hydrogen) atoms. The molecule has 0 spiro atoms. The minimum absolute atomic E-state index is 0.369. The van der Waals surface area contributed by atoms with Crippen molar-refractivity contribution in [3.8, 4) is 0 Å². The monoisotopic (exact) mass is 246 g/mol. The van der Waals surface area contributed by atoms with Crippen LogP contribution in [0.5, 0.6) is 0 Å². The summed E-state index contributed by atoms with van der Waals surface area (Å²) in [6, 6.07) is -1.26. The highest BCUT2D eigenvalue weighted by molar-refractivity contribution is 7.99. The van der Waals surface area contributed by atoms with Crippen LogP contribution in [0, 0.1) is 0 Å². The molecule has 92 valence electrons. The van der Waals surface area contributed by atoms with Crippen molar-refractivity contribution in [1.29, 1.82) is 0 Å². The number of carboxylic acid groups (broad SMARTS) is 1. The maximum absolute atomic E-state index is 11.2. The zero-order chi connectivity index (χ0) is 12.4. The Balaban J connectivity index is 3.64. The standard InChI is InChI=1S/C10H18N2O3S/c1-3-6-16-7-5-11-10(15)12-8(4-2)9(13)14/h3,8H,1,4-7H2,2H3,(H,13,14)(H2,11,12,15)/t8-/m1/s1. The first-order valence-electron chi connectivity index (χ1n) is 5.07. The largest absolute Gasteiger partial charge is 0.480 e. The Morgan fingerprint density at radius 1 is 1.56 bits per heavy atom. The summed E-state index contributed by atoms with van der Waals surface area (Å²) in [6.45, 7) is 5.80. The van der Waals surface area contributed by atoms with E-state index in [4.69, 9.17) is 5.11 Å². The molecular formula is C10H18N2O3S. The van der Waals surface area contributed by atoms with Crippen molar-refractivity contribution < 1.29 is 14.7 Å².